The first-order chi connectivity index (χ1) is 9.85. The smallest absolute Gasteiger partial charge is 0.228 e. The summed E-state index contributed by atoms with van der Waals surface area (Å²) >= 11 is 0. The van der Waals surface area contributed by atoms with Gasteiger partial charge in [0.15, 0.2) is 0 Å². The van der Waals surface area contributed by atoms with Gasteiger partial charge in [-0.3, -0.25) is 0 Å². The van der Waals surface area contributed by atoms with Gasteiger partial charge in [0.1, 0.15) is 0 Å². The summed E-state index contributed by atoms with van der Waals surface area (Å²) < 4.78 is 5.44. The van der Waals surface area contributed by atoms with E-state index in [2.05, 4.69) is 20.2 Å². The van der Waals surface area contributed by atoms with Crippen molar-refractivity contribution in [1.82, 2.24) is 15.3 Å². The molecular weight excluding hydrogens is 252 g/mol. The van der Waals surface area contributed by atoms with Crippen molar-refractivity contribution in [2.24, 2.45) is 5.92 Å². The van der Waals surface area contributed by atoms with E-state index in [1.54, 1.807) is 6.20 Å². The van der Waals surface area contributed by atoms with Crippen LogP contribution >= 0.6 is 0 Å². The third-order valence-electron chi connectivity index (χ3n) is 4.08. The van der Waals surface area contributed by atoms with Crippen LogP contribution in [0.2, 0.25) is 0 Å². The molecule has 5 nitrogen and oxygen atoms in total. The Bertz CT molecular complexity index is 428. The Balaban J connectivity index is 1.50. The Kier molecular flexibility index (Phi) is 4.35. The van der Waals surface area contributed by atoms with E-state index in [0.717, 1.165) is 31.0 Å². The Labute approximate surface area is 120 Å². The SMILES string of the molecule is CCOc1ccnc(N2CCC(CNC3CC3)CC2)n1. The lowest BCUT2D eigenvalue weighted by molar-refractivity contribution is 0.325. The molecule has 0 radical (unpaired) electrons. The highest BCUT2D eigenvalue weighted by molar-refractivity contribution is 5.32. The number of aromatic nitrogens is 2. The molecular formula is C15H24N4O. The molecule has 0 aromatic carbocycles. The molecule has 3 rings (SSSR count). The standard InChI is InChI=1S/C15H24N4O/c1-2-20-14-5-8-16-15(18-14)19-9-6-12(7-10-19)11-17-13-3-4-13/h5,8,12-13,17H,2-4,6-7,9-11H2,1H3. The van der Waals surface area contributed by atoms with Crippen LogP contribution in [0.3, 0.4) is 0 Å². The van der Waals surface area contributed by atoms with Gasteiger partial charge in [-0.25, -0.2) is 4.98 Å². The van der Waals surface area contributed by atoms with Crippen LogP contribution in [0, 0.1) is 5.92 Å². The van der Waals surface area contributed by atoms with Crippen molar-refractivity contribution in [3.8, 4) is 5.88 Å². The summed E-state index contributed by atoms with van der Waals surface area (Å²) in [6.45, 7) is 5.89. The molecule has 0 unspecified atom stereocenters. The molecule has 1 N–H and O–H groups in total. The lowest BCUT2D eigenvalue weighted by atomic mass is 9.97. The summed E-state index contributed by atoms with van der Waals surface area (Å²) in [5.74, 6) is 2.29. The summed E-state index contributed by atoms with van der Waals surface area (Å²) in [4.78, 5) is 11.1. The van der Waals surface area contributed by atoms with E-state index in [-0.39, 0.29) is 0 Å². The van der Waals surface area contributed by atoms with Crippen LogP contribution < -0.4 is 15.0 Å². The summed E-state index contributed by atoms with van der Waals surface area (Å²) in [6.07, 6.45) is 6.98. The second kappa shape index (κ2) is 6.39. The molecule has 1 saturated carbocycles. The molecule has 1 saturated heterocycles. The van der Waals surface area contributed by atoms with Gasteiger partial charge in [-0.05, 0) is 45.1 Å². The minimum atomic E-state index is 0.644. The first-order valence-corrected chi connectivity index (χ1v) is 7.79. The monoisotopic (exact) mass is 276 g/mol. The number of hydrogen-bond acceptors (Lipinski definition) is 5. The van der Waals surface area contributed by atoms with Gasteiger partial charge in [0.2, 0.25) is 11.8 Å². The molecule has 1 aliphatic carbocycles. The lowest BCUT2D eigenvalue weighted by Gasteiger charge is -2.32. The number of hydrogen-bond donors (Lipinski definition) is 1. The molecule has 2 fully saturated rings. The van der Waals surface area contributed by atoms with E-state index in [1.165, 1.54) is 32.2 Å². The maximum Gasteiger partial charge on any atom is 0.228 e. The third-order valence-corrected chi connectivity index (χ3v) is 4.08. The van der Waals surface area contributed by atoms with Crippen molar-refractivity contribution in [2.45, 2.75) is 38.6 Å². The average molecular weight is 276 g/mol. The van der Waals surface area contributed by atoms with Gasteiger partial charge in [0, 0.05) is 31.4 Å². The first-order valence-electron chi connectivity index (χ1n) is 7.79. The number of nitrogens with zero attached hydrogens (tertiary/aromatic N) is 3. The quantitative estimate of drug-likeness (QED) is 0.859. The van der Waals surface area contributed by atoms with Gasteiger partial charge in [-0.15, -0.1) is 0 Å². The molecule has 1 aliphatic heterocycles. The number of rotatable bonds is 6. The van der Waals surface area contributed by atoms with Crippen LogP contribution in [0.1, 0.15) is 32.6 Å². The van der Waals surface area contributed by atoms with E-state index in [0.29, 0.717) is 12.5 Å². The molecule has 0 atom stereocenters. The van der Waals surface area contributed by atoms with E-state index in [1.807, 2.05) is 13.0 Å². The molecule has 0 bridgehead atoms. The molecule has 0 amide bonds. The zero-order valence-electron chi connectivity index (χ0n) is 12.2. The molecule has 1 aromatic rings. The van der Waals surface area contributed by atoms with Crippen LogP contribution in [0.15, 0.2) is 12.3 Å². The molecule has 0 spiro atoms. The summed E-state index contributed by atoms with van der Waals surface area (Å²) in [6, 6.07) is 2.64. The third kappa shape index (κ3) is 3.60. The number of ether oxygens (including phenoxy) is 1. The van der Waals surface area contributed by atoms with E-state index in [9.17, 15) is 0 Å². The van der Waals surface area contributed by atoms with Crippen molar-refractivity contribution < 1.29 is 4.74 Å². The fraction of sp³-hybridized carbons (Fsp3) is 0.733. The van der Waals surface area contributed by atoms with Gasteiger partial charge in [-0.1, -0.05) is 0 Å². The Morgan fingerprint density at radius 1 is 1.30 bits per heavy atom. The van der Waals surface area contributed by atoms with Gasteiger partial charge in [-0.2, -0.15) is 4.98 Å². The summed E-state index contributed by atoms with van der Waals surface area (Å²) in [7, 11) is 0. The van der Waals surface area contributed by atoms with E-state index in [4.69, 9.17) is 4.74 Å². The molecule has 1 aromatic heterocycles. The fourth-order valence-electron chi connectivity index (χ4n) is 2.67. The van der Waals surface area contributed by atoms with Crippen molar-refractivity contribution in [1.29, 1.82) is 0 Å². The number of nitrogens with one attached hydrogen (secondary N) is 1. The second-order valence-corrected chi connectivity index (χ2v) is 5.74. The Morgan fingerprint density at radius 2 is 2.10 bits per heavy atom. The summed E-state index contributed by atoms with van der Waals surface area (Å²) in [5, 5.41) is 3.64. The van der Waals surface area contributed by atoms with Crippen LogP contribution in [0.4, 0.5) is 5.95 Å². The molecule has 2 aliphatic rings. The first kappa shape index (κ1) is 13.6. The van der Waals surface area contributed by atoms with Gasteiger partial charge < -0.3 is 15.0 Å². The summed E-state index contributed by atoms with van der Waals surface area (Å²) in [5.41, 5.74) is 0. The maximum absolute atomic E-state index is 5.44. The van der Waals surface area contributed by atoms with Crippen LogP contribution in [-0.2, 0) is 0 Å². The minimum absolute atomic E-state index is 0.644. The van der Waals surface area contributed by atoms with Gasteiger partial charge >= 0.3 is 0 Å². The van der Waals surface area contributed by atoms with E-state index >= 15 is 0 Å². The second-order valence-electron chi connectivity index (χ2n) is 5.74. The van der Waals surface area contributed by atoms with Crippen LogP contribution in [0.25, 0.3) is 0 Å². The van der Waals surface area contributed by atoms with Crippen molar-refractivity contribution >= 4 is 5.95 Å². The van der Waals surface area contributed by atoms with E-state index < -0.39 is 0 Å². The average Bonchev–Trinajstić information content (AvgIpc) is 3.31. The highest BCUT2D eigenvalue weighted by Crippen LogP contribution is 2.23. The number of anilines is 1. The predicted molar refractivity (Wildman–Crippen MR) is 79.2 cm³/mol. The Hall–Kier alpha value is -1.36. The zero-order chi connectivity index (χ0) is 13.8. The van der Waals surface area contributed by atoms with Gasteiger partial charge in [0.25, 0.3) is 0 Å². The zero-order valence-corrected chi connectivity index (χ0v) is 12.2. The van der Waals surface area contributed by atoms with Crippen molar-refractivity contribution in [2.75, 3.05) is 31.1 Å². The van der Waals surface area contributed by atoms with Crippen molar-refractivity contribution in [3.63, 3.8) is 0 Å². The van der Waals surface area contributed by atoms with Gasteiger partial charge in [0.05, 0.1) is 6.61 Å². The largest absolute Gasteiger partial charge is 0.478 e. The molecule has 110 valence electrons. The normalized spacial score (nSPS) is 20.1. The maximum atomic E-state index is 5.44. The topological polar surface area (TPSA) is 50.3 Å². The van der Waals surface area contributed by atoms with Crippen LogP contribution in [0.5, 0.6) is 5.88 Å². The lowest BCUT2D eigenvalue weighted by Crippen LogP contribution is -2.38. The number of piperidine rings is 1. The predicted octanol–water partition coefficient (Wildman–Crippen LogP) is 1.84. The van der Waals surface area contributed by atoms with Crippen molar-refractivity contribution in [3.05, 3.63) is 12.3 Å². The molecule has 5 heteroatoms. The fourth-order valence-corrected chi connectivity index (χ4v) is 2.67. The van der Waals surface area contributed by atoms with Crippen LogP contribution in [-0.4, -0.2) is 42.3 Å². The Morgan fingerprint density at radius 3 is 2.80 bits per heavy atom. The highest BCUT2D eigenvalue weighted by Gasteiger charge is 2.25. The molecule has 2 heterocycles. The molecule has 20 heavy (non-hydrogen) atoms. The minimum Gasteiger partial charge on any atom is -0.478 e. The highest BCUT2D eigenvalue weighted by atomic mass is 16.5.